The highest BCUT2D eigenvalue weighted by atomic mass is 31.2. The largest absolute Gasteiger partial charge is 0.508 e. The van der Waals surface area contributed by atoms with Gasteiger partial charge in [0.15, 0.2) is 0 Å². The molecule has 0 saturated carbocycles. The zero-order chi connectivity index (χ0) is 18.9. The predicted molar refractivity (Wildman–Crippen MR) is 95.0 cm³/mol. The number of unbranched alkanes of at least 4 members (excludes halogenated alkanes) is 4. The van der Waals surface area contributed by atoms with Crippen LogP contribution in [0.2, 0.25) is 0 Å². The van der Waals surface area contributed by atoms with Gasteiger partial charge in [0.25, 0.3) is 0 Å². The summed E-state index contributed by atoms with van der Waals surface area (Å²) in [5, 5.41) is 12.4. The number of carbonyl (C=O) groups is 1. The van der Waals surface area contributed by atoms with E-state index in [0.717, 1.165) is 32.1 Å². The number of amides is 1. The lowest BCUT2D eigenvalue weighted by Gasteiger charge is -2.26. The number of nitrogens with one attached hydrogen (secondary N) is 1. The average Bonchev–Trinajstić information content (AvgIpc) is 2.50. The molecule has 0 aliphatic carbocycles. The molecule has 1 aromatic carbocycles. The number of benzene rings is 1. The van der Waals surface area contributed by atoms with Gasteiger partial charge in [0, 0.05) is 6.42 Å². The molecule has 0 saturated heterocycles. The molecule has 0 radical (unpaired) electrons. The topological polar surface area (TPSA) is 116 Å². The van der Waals surface area contributed by atoms with E-state index >= 15 is 0 Å². The first-order valence-electron chi connectivity index (χ1n) is 8.55. The molecule has 2 atom stereocenters. The van der Waals surface area contributed by atoms with Gasteiger partial charge in [-0.15, -0.1) is 0 Å². The van der Waals surface area contributed by atoms with E-state index in [1.54, 1.807) is 12.1 Å². The maximum Gasteiger partial charge on any atom is 0.469 e. The van der Waals surface area contributed by atoms with Crippen LogP contribution in [0.15, 0.2) is 24.3 Å². The van der Waals surface area contributed by atoms with E-state index in [4.69, 9.17) is 14.3 Å². The minimum absolute atomic E-state index is 0.000283. The molecular weight excluding hydrogens is 345 g/mol. The van der Waals surface area contributed by atoms with E-state index in [0.29, 0.717) is 12.0 Å². The molecule has 1 amide bonds. The second kappa shape index (κ2) is 10.6. The van der Waals surface area contributed by atoms with Crippen LogP contribution in [-0.2, 0) is 13.9 Å². The molecule has 0 aromatic heterocycles. The fourth-order valence-corrected chi connectivity index (χ4v) is 3.16. The van der Waals surface area contributed by atoms with Crippen LogP contribution in [0.5, 0.6) is 5.75 Å². The zero-order valence-corrected chi connectivity index (χ0v) is 15.6. The monoisotopic (exact) mass is 373 g/mol. The molecule has 1 aromatic rings. The summed E-state index contributed by atoms with van der Waals surface area (Å²) in [7, 11) is -4.70. The molecular formula is C17H28NO6P. The minimum Gasteiger partial charge on any atom is -0.508 e. The van der Waals surface area contributed by atoms with Crippen molar-refractivity contribution in [3.05, 3.63) is 29.8 Å². The summed E-state index contributed by atoms with van der Waals surface area (Å²) in [6.45, 7) is 3.59. The second-order valence-electron chi connectivity index (χ2n) is 6.11. The molecule has 0 unspecified atom stereocenters. The number of phenols is 1. The fraction of sp³-hybridized carbons (Fsp3) is 0.588. The van der Waals surface area contributed by atoms with Crippen molar-refractivity contribution in [2.75, 3.05) is 0 Å². The summed E-state index contributed by atoms with van der Waals surface area (Å²) in [5.41, 5.74) is 0.514. The number of rotatable bonds is 11. The lowest BCUT2D eigenvalue weighted by molar-refractivity contribution is -0.122. The SMILES string of the molecule is CCCCCCCC(=O)N[C@@H](c1cccc(O)c1)[C@H](C)OP(=O)(O)O. The van der Waals surface area contributed by atoms with E-state index < -0.39 is 20.0 Å². The van der Waals surface area contributed by atoms with Crippen molar-refractivity contribution in [2.45, 2.75) is 64.5 Å². The van der Waals surface area contributed by atoms with Gasteiger partial charge in [-0.05, 0) is 31.0 Å². The highest BCUT2D eigenvalue weighted by Crippen LogP contribution is 2.40. The first-order chi connectivity index (χ1) is 11.7. The molecule has 0 fully saturated rings. The van der Waals surface area contributed by atoms with E-state index in [9.17, 15) is 14.5 Å². The highest BCUT2D eigenvalue weighted by molar-refractivity contribution is 7.46. The quantitative estimate of drug-likeness (QED) is 0.349. The van der Waals surface area contributed by atoms with Crippen molar-refractivity contribution >= 4 is 13.7 Å². The van der Waals surface area contributed by atoms with Crippen molar-refractivity contribution in [2.24, 2.45) is 0 Å². The van der Waals surface area contributed by atoms with Crippen LogP contribution in [0.25, 0.3) is 0 Å². The van der Waals surface area contributed by atoms with Gasteiger partial charge in [0.1, 0.15) is 5.75 Å². The number of carbonyl (C=O) groups excluding carboxylic acids is 1. The van der Waals surface area contributed by atoms with E-state index in [2.05, 4.69) is 12.2 Å². The molecule has 8 heteroatoms. The molecule has 0 aliphatic heterocycles. The van der Waals surface area contributed by atoms with Crippen molar-refractivity contribution in [3.8, 4) is 5.75 Å². The number of aromatic hydroxyl groups is 1. The molecule has 7 nitrogen and oxygen atoms in total. The maximum atomic E-state index is 12.2. The molecule has 0 bridgehead atoms. The highest BCUT2D eigenvalue weighted by Gasteiger charge is 2.28. The average molecular weight is 373 g/mol. The molecule has 25 heavy (non-hydrogen) atoms. The molecule has 0 spiro atoms. The Morgan fingerprint density at radius 3 is 2.52 bits per heavy atom. The Morgan fingerprint density at radius 2 is 1.92 bits per heavy atom. The van der Waals surface area contributed by atoms with Gasteiger partial charge in [-0.3, -0.25) is 9.32 Å². The van der Waals surface area contributed by atoms with Gasteiger partial charge in [-0.1, -0.05) is 44.7 Å². The first kappa shape index (κ1) is 21.6. The van der Waals surface area contributed by atoms with Gasteiger partial charge in [-0.25, -0.2) is 4.57 Å². The van der Waals surface area contributed by atoms with Crippen molar-refractivity contribution in [1.82, 2.24) is 5.32 Å². The normalized spacial score (nSPS) is 14.1. The Kier molecular flexibility index (Phi) is 9.14. The predicted octanol–water partition coefficient (Wildman–Crippen LogP) is 3.41. The van der Waals surface area contributed by atoms with Crippen molar-refractivity contribution in [1.29, 1.82) is 0 Å². The van der Waals surface area contributed by atoms with Crippen LogP contribution in [-0.4, -0.2) is 26.9 Å². The van der Waals surface area contributed by atoms with E-state index in [1.807, 2.05) is 0 Å². The van der Waals surface area contributed by atoms with Crippen LogP contribution in [0.3, 0.4) is 0 Å². The van der Waals surface area contributed by atoms with E-state index in [1.165, 1.54) is 19.1 Å². The maximum absolute atomic E-state index is 12.2. The Morgan fingerprint density at radius 1 is 1.24 bits per heavy atom. The van der Waals surface area contributed by atoms with Crippen molar-refractivity contribution in [3.63, 3.8) is 0 Å². The summed E-state index contributed by atoms with van der Waals surface area (Å²) >= 11 is 0. The molecule has 0 heterocycles. The Labute approximate surface area is 148 Å². The summed E-state index contributed by atoms with van der Waals surface area (Å²) in [6, 6.07) is 5.39. The number of hydrogen-bond donors (Lipinski definition) is 4. The van der Waals surface area contributed by atoms with Gasteiger partial charge in [-0.2, -0.15) is 0 Å². The van der Waals surface area contributed by atoms with Crippen LogP contribution in [0.4, 0.5) is 0 Å². The molecule has 0 aliphatic rings. The summed E-state index contributed by atoms with van der Waals surface area (Å²) in [4.78, 5) is 30.2. The standard InChI is InChI=1S/C17H28NO6P/c1-3-4-5-6-7-11-16(20)18-17(13(2)24-25(21,22)23)14-9-8-10-15(19)12-14/h8-10,12-13,17,19H,3-7,11H2,1-2H3,(H,18,20)(H2,21,22,23)/t13-,17+/m0/s1. The molecule has 4 N–H and O–H groups in total. The Bertz CT molecular complexity index is 588. The third kappa shape index (κ3) is 9.02. The number of phosphoric ester groups is 1. The third-order valence-corrected chi connectivity index (χ3v) is 4.43. The summed E-state index contributed by atoms with van der Waals surface area (Å²) in [5.74, 6) is -0.217. The van der Waals surface area contributed by atoms with E-state index in [-0.39, 0.29) is 11.7 Å². The van der Waals surface area contributed by atoms with Crippen LogP contribution in [0, 0.1) is 0 Å². The minimum atomic E-state index is -4.70. The lowest BCUT2D eigenvalue weighted by Crippen LogP contribution is -2.35. The first-order valence-corrected chi connectivity index (χ1v) is 10.1. The smallest absolute Gasteiger partial charge is 0.469 e. The van der Waals surface area contributed by atoms with Crippen LogP contribution in [0.1, 0.15) is 64.0 Å². The van der Waals surface area contributed by atoms with Gasteiger partial charge in [0.2, 0.25) is 5.91 Å². The lowest BCUT2D eigenvalue weighted by atomic mass is 10.0. The third-order valence-electron chi connectivity index (χ3n) is 3.83. The van der Waals surface area contributed by atoms with Crippen LogP contribution >= 0.6 is 7.82 Å². The number of phosphoric acid groups is 1. The fourth-order valence-electron chi connectivity index (χ4n) is 2.60. The van der Waals surface area contributed by atoms with Crippen molar-refractivity contribution < 1.29 is 28.8 Å². The van der Waals surface area contributed by atoms with Gasteiger partial charge < -0.3 is 20.2 Å². The number of hydrogen-bond acceptors (Lipinski definition) is 4. The Hall–Kier alpha value is -1.40. The summed E-state index contributed by atoms with van der Waals surface area (Å²) < 4.78 is 15.8. The molecule has 142 valence electrons. The number of phenolic OH excluding ortho intramolecular Hbond substituents is 1. The van der Waals surface area contributed by atoms with Gasteiger partial charge in [0.05, 0.1) is 12.1 Å². The zero-order valence-electron chi connectivity index (χ0n) is 14.7. The van der Waals surface area contributed by atoms with Crippen LogP contribution < -0.4 is 5.32 Å². The molecule has 1 rings (SSSR count). The summed E-state index contributed by atoms with van der Waals surface area (Å²) in [6.07, 6.45) is 4.44. The van der Waals surface area contributed by atoms with Gasteiger partial charge >= 0.3 is 7.82 Å². The second-order valence-corrected chi connectivity index (χ2v) is 7.30. The Balaban J connectivity index is 2.74.